The van der Waals surface area contributed by atoms with Crippen molar-refractivity contribution in [2.45, 2.75) is 88.7 Å². The highest BCUT2D eigenvalue weighted by atomic mass is 16.6. The number of hydrogen-bond acceptors (Lipinski definition) is 7. The predicted molar refractivity (Wildman–Crippen MR) is 106 cm³/mol. The lowest BCUT2D eigenvalue weighted by Gasteiger charge is -2.42. The summed E-state index contributed by atoms with van der Waals surface area (Å²) in [5.41, 5.74) is 0.605. The number of esters is 1. The molecule has 3 aliphatic rings. The molecule has 1 spiro atoms. The third kappa shape index (κ3) is 4.75. The van der Waals surface area contributed by atoms with Crippen LogP contribution in [0.4, 0.5) is 0 Å². The van der Waals surface area contributed by atoms with Gasteiger partial charge in [-0.1, -0.05) is 11.6 Å². The number of rotatable bonds is 8. The van der Waals surface area contributed by atoms with Gasteiger partial charge in [-0.2, -0.15) is 0 Å². The summed E-state index contributed by atoms with van der Waals surface area (Å²) >= 11 is 0. The average molecular weight is 411 g/mol. The van der Waals surface area contributed by atoms with Crippen LogP contribution in [0.1, 0.15) is 47.0 Å². The van der Waals surface area contributed by atoms with Gasteiger partial charge >= 0.3 is 5.97 Å². The van der Waals surface area contributed by atoms with Gasteiger partial charge in [0, 0.05) is 13.2 Å². The van der Waals surface area contributed by atoms with E-state index in [9.17, 15) is 15.0 Å². The van der Waals surface area contributed by atoms with Gasteiger partial charge in [-0.25, -0.2) is 4.79 Å². The molecule has 3 rings (SSSR count). The van der Waals surface area contributed by atoms with E-state index in [-0.39, 0.29) is 29.3 Å². The second-order valence-corrected chi connectivity index (χ2v) is 8.94. The molecule has 0 aromatic carbocycles. The topological polar surface area (TPSA) is 101 Å². The summed E-state index contributed by atoms with van der Waals surface area (Å²) in [7, 11) is 1.63. The van der Waals surface area contributed by atoms with Crippen LogP contribution in [0, 0.1) is 5.92 Å². The highest BCUT2D eigenvalue weighted by Gasteiger charge is 2.72. The summed E-state index contributed by atoms with van der Waals surface area (Å²) in [4.78, 5) is 12.3. The molecule has 8 atom stereocenters. The van der Waals surface area contributed by atoms with Crippen molar-refractivity contribution in [3.63, 3.8) is 0 Å². The molecule has 2 heterocycles. The molecule has 0 radical (unpaired) electrons. The zero-order chi connectivity index (χ0) is 21.4. The number of aliphatic hydroxyl groups excluding tert-OH is 2. The summed E-state index contributed by atoms with van der Waals surface area (Å²) in [6.45, 7) is 8.36. The van der Waals surface area contributed by atoms with Crippen LogP contribution in [0.5, 0.6) is 0 Å². The highest BCUT2D eigenvalue weighted by molar-refractivity contribution is 5.82. The standard InChI is InChI=1S/C22H34O7/c1-13(2)6-8-17-21(4,29-17)20-19(26-5)16(10-11-22(20)12-27-22)28-18(25)9-7-15(24)14(3)23/h6-7,9,14-17,19-20,23-24H,8,10-12H2,1-5H3/b9-7+/t14-,15+,16-,17-,19-,20-,21+,22+/m1/s1. The molecule has 2 aliphatic heterocycles. The SMILES string of the molecule is CO[C@@H]1[C@H](OC(=O)/C=C/[C@H](O)[C@@H](C)O)CC[C@]2(CO2)[C@H]1[C@@]1(C)O[C@@H]1CC=C(C)C. The fourth-order valence-electron chi connectivity index (χ4n) is 4.60. The van der Waals surface area contributed by atoms with E-state index in [4.69, 9.17) is 18.9 Å². The minimum Gasteiger partial charge on any atom is -0.456 e. The minimum atomic E-state index is -1.11. The van der Waals surface area contributed by atoms with Crippen LogP contribution in [0.2, 0.25) is 0 Å². The minimum absolute atomic E-state index is 0.0332. The van der Waals surface area contributed by atoms with Crippen LogP contribution >= 0.6 is 0 Å². The Morgan fingerprint density at radius 2 is 2.03 bits per heavy atom. The molecule has 0 aromatic rings. The highest BCUT2D eigenvalue weighted by Crippen LogP contribution is 2.59. The first-order valence-corrected chi connectivity index (χ1v) is 10.4. The number of ether oxygens (including phenoxy) is 4. The van der Waals surface area contributed by atoms with Crippen LogP contribution < -0.4 is 0 Å². The number of allylic oxidation sites excluding steroid dienone is 1. The largest absolute Gasteiger partial charge is 0.456 e. The van der Waals surface area contributed by atoms with E-state index >= 15 is 0 Å². The zero-order valence-corrected chi connectivity index (χ0v) is 18.0. The number of aliphatic hydroxyl groups is 2. The van der Waals surface area contributed by atoms with Crippen molar-refractivity contribution in [1.82, 2.24) is 0 Å². The molecule has 0 bridgehead atoms. The Hall–Kier alpha value is -1.25. The van der Waals surface area contributed by atoms with Crippen molar-refractivity contribution in [3.05, 3.63) is 23.8 Å². The van der Waals surface area contributed by atoms with E-state index in [1.54, 1.807) is 7.11 Å². The molecule has 7 nitrogen and oxygen atoms in total. The Bertz CT molecular complexity index is 662. The van der Waals surface area contributed by atoms with E-state index in [0.717, 1.165) is 18.9 Å². The van der Waals surface area contributed by atoms with Crippen molar-refractivity contribution < 1.29 is 34.0 Å². The fraction of sp³-hybridized carbons (Fsp3) is 0.773. The Balaban J connectivity index is 1.70. The summed E-state index contributed by atoms with van der Waals surface area (Å²) in [6, 6.07) is 0. The van der Waals surface area contributed by atoms with E-state index < -0.39 is 24.3 Å². The first kappa shape index (κ1) is 22.4. The van der Waals surface area contributed by atoms with Crippen molar-refractivity contribution >= 4 is 5.97 Å². The molecule has 29 heavy (non-hydrogen) atoms. The molecular formula is C22H34O7. The normalized spacial score (nSPS) is 40.5. The second-order valence-electron chi connectivity index (χ2n) is 8.94. The number of carbonyl (C=O) groups is 1. The van der Waals surface area contributed by atoms with Gasteiger partial charge in [0.15, 0.2) is 0 Å². The molecule has 7 heteroatoms. The van der Waals surface area contributed by atoms with Crippen LogP contribution in [0.15, 0.2) is 23.8 Å². The second kappa shape index (κ2) is 8.47. The number of carbonyl (C=O) groups excluding carboxylic acids is 1. The average Bonchev–Trinajstić information content (AvgIpc) is 3.57. The number of epoxide rings is 2. The Morgan fingerprint density at radius 1 is 1.34 bits per heavy atom. The molecule has 1 aliphatic carbocycles. The Kier molecular flexibility index (Phi) is 6.56. The number of hydrogen-bond donors (Lipinski definition) is 2. The van der Waals surface area contributed by atoms with E-state index in [1.165, 1.54) is 18.6 Å². The molecule has 0 amide bonds. The maximum absolute atomic E-state index is 12.3. The molecule has 0 unspecified atom stereocenters. The Morgan fingerprint density at radius 3 is 2.59 bits per heavy atom. The van der Waals surface area contributed by atoms with Gasteiger partial charge in [-0.05, 0) is 53.0 Å². The molecule has 3 fully saturated rings. The van der Waals surface area contributed by atoms with Crippen LogP contribution in [0.25, 0.3) is 0 Å². The van der Waals surface area contributed by atoms with Crippen LogP contribution in [0.3, 0.4) is 0 Å². The summed E-state index contributed by atoms with van der Waals surface area (Å²) in [5, 5.41) is 19.0. The lowest BCUT2D eigenvalue weighted by Crippen LogP contribution is -2.55. The van der Waals surface area contributed by atoms with Crippen LogP contribution in [-0.4, -0.2) is 71.6 Å². The summed E-state index contributed by atoms with van der Waals surface area (Å²) < 4.78 is 23.5. The van der Waals surface area contributed by atoms with E-state index in [0.29, 0.717) is 13.0 Å². The summed E-state index contributed by atoms with van der Waals surface area (Å²) in [6.07, 6.45) is 4.09. The molecule has 2 N–H and O–H groups in total. The predicted octanol–water partition coefficient (Wildman–Crippen LogP) is 1.90. The van der Waals surface area contributed by atoms with Gasteiger partial charge < -0.3 is 29.2 Å². The third-order valence-corrected chi connectivity index (χ3v) is 6.43. The van der Waals surface area contributed by atoms with Gasteiger partial charge in [0.25, 0.3) is 0 Å². The lowest BCUT2D eigenvalue weighted by molar-refractivity contribution is -0.166. The molecule has 164 valence electrons. The van der Waals surface area contributed by atoms with Crippen molar-refractivity contribution in [2.24, 2.45) is 5.92 Å². The molecule has 1 saturated carbocycles. The molecular weight excluding hydrogens is 376 g/mol. The summed E-state index contributed by atoms with van der Waals surface area (Å²) in [5.74, 6) is -0.597. The zero-order valence-electron chi connectivity index (χ0n) is 18.0. The smallest absolute Gasteiger partial charge is 0.330 e. The van der Waals surface area contributed by atoms with E-state index in [1.807, 2.05) is 0 Å². The van der Waals surface area contributed by atoms with Gasteiger partial charge in [-0.15, -0.1) is 0 Å². The van der Waals surface area contributed by atoms with Crippen LogP contribution in [-0.2, 0) is 23.7 Å². The van der Waals surface area contributed by atoms with Gasteiger partial charge in [0.05, 0.1) is 30.8 Å². The third-order valence-electron chi connectivity index (χ3n) is 6.43. The van der Waals surface area contributed by atoms with E-state index in [2.05, 4.69) is 26.8 Å². The first-order chi connectivity index (χ1) is 13.6. The lowest BCUT2D eigenvalue weighted by atomic mass is 9.68. The van der Waals surface area contributed by atoms with Crippen molar-refractivity contribution in [2.75, 3.05) is 13.7 Å². The quantitative estimate of drug-likeness (QED) is 0.273. The van der Waals surface area contributed by atoms with Gasteiger partial charge in [0.1, 0.15) is 23.4 Å². The maximum Gasteiger partial charge on any atom is 0.330 e. The van der Waals surface area contributed by atoms with Crippen molar-refractivity contribution in [1.29, 1.82) is 0 Å². The number of methoxy groups -OCH3 is 1. The first-order valence-electron chi connectivity index (χ1n) is 10.4. The Labute approximate surface area is 172 Å². The molecule has 2 saturated heterocycles. The monoisotopic (exact) mass is 410 g/mol. The van der Waals surface area contributed by atoms with Gasteiger partial charge in [-0.3, -0.25) is 0 Å². The fourth-order valence-corrected chi connectivity index (χ4v) is 4.60. The maximum atomic E-state index is 12.3. The van der Waals surface area contributed by atoms with Crippen molar-refractivity contribution in [3.8, 4) is 0 Å². The molecule has 0 aromatic heterocycles. The van der Waals surface area contributed by atoms with Gasteiger partial charge in [0.2, 0.25) is 0 Å².